The summed E-state index contributed by atoms with van der Waals surface area (Å²) in [5.41, 5.74) is 9.03. The molecule has 12 heteroatoms. The number of nitrogens with one attached hydrogen (secondary N) is 1. The van der Waals surface area contributed by atoms with Gasteiger partial charge in [0.2, 0.25) is 11.0 Å². The van der Waals surface area contributed by atoms with Crippen molar-refractivity contribution in [2.24, 2.45) is 5.73 Å². The number of thioether (sulfide) groups is 1. The lowest BCUT2D eigenvalue weighted by Gasteiger charge is -2.37. The van der Waals surface area contributed by atoms with E-state index in [0.717, 1.165) is 19.9 Å². The lowest BCUT2D eigenvalue weighted by Crippen LogP contribution is -2.38. The molecule has 2 aromatic heterocycles. The molecule has 1 aliphatic carbocycles. The maximum absolute atomic E-state index is 13.2. The Labute approximate surface area is 234 Å². The van der Waals surface area contributed by atoms with Crippen LogP contribution in [0.4, 0.5) is 10.8 Å². The number of thiophene rings is 1. The first kappa shape index (κ1) is 25.7. The van der Waals surface area contributed by atoms with Gasteiger partial charge in [0, 0.05) is 37.6 Å². The molecule has 8 nitrogen and oxygen atoms in total. The lowest BCUT2D eigenvalue weighted by molar-refractivity contribution is -0.116. The second-order valence-electron chi connectivity index (χ2n) is 8.46. The molecule has 0 fully saturated rings. The molecule has 0 saturated heterocycles. The van der Waals surface area contributed by atoms with Crippen molar-refractivity contribution in [2.45, 2.75) is 36.4 Å². The van der Waals surface area contributed by atoms with E-state index in [-0.39, 0.29) is 23.3 Å². The lowest BCUT2D eigenvalue weighted by atomic mass is 9.78. The molecule has 0 saturated carbocycles. The molecule has 5 rings (SSSR count). The van der Waals surface area contributed by atoms with Crippen molar-refractivity contribution in [3.8, 4) is 6.07 Å². The molecule has 37 heavy (non-hydrogen) atoms. The Balaban J connectivity index is 1.41. The minimum Gasteiger partial charge on any atom is -0.384 e. The SMILES string of the molecule is Cc1ccc(C2C(C#N)=C(N)N(c3nnc(SCC(=O)Nc4cccc(Br)c4)s3)C3=C2C(=O)CCC3)s1. The summed E-state index contributed by atoms with van der Waals surface area (Å²) in [5, 5.41) is 22.0. The van der Waals surface area contributed by atoms with Crippen LogP contribution in [0.2, 0.25) is 0 Å². The van der Waals surface area contributed by atoms with Crippen LogP contribution in [0.1, 0.15) is 34.9 Å². The van der Waals surface area contributed by atoms with Gasteiger partial charge in [-0.15, -0.1) is 21.5 Å². The van der Waals surface area contributed by atoms with Gasteiger partial charge in [0.05, 0.1) is 23.3 Å². The normalized spacial score (nSPS) is 17.6. The number of allylic oxidation sites excluding steroid dienone is 3. The molecule has 1 aromatic carbocycles. The van der Waals surface area contributed by atoms with Crippen molar-refractivity contribution >= 4 is 72.9 Å². The van der Waals surface area contributed by atoms with Gasteiger partial charge in [-0.25, -0.2) is 0 Å². The van der Waals surface area contributed by atoms with Crippen LogP contribution in [0.25, 0.3) is 0 Å². The summed E-state index contributed by atoms with van der Waals surface area (Å²) >= 11 is 7.51. The third kappa shape index (κ3) is 5.22. The molecule has 3 N–H and O–H groups in total. The fourth-order valence-corrected chi connectivity index (χ4v) is 7.52. The number of nitrogens with zero attached hydrogens (tertiary/aromatic N) is 4. The van der Waals surface area contributed by atoms with E-state index in [1.165, 1.54) is 23.1 Å². The minimum absolute atomic E-state index is 0.0332. The number of aromatic nitrogens is 2. The first-order valence-corrected chi connectivity index (χ1v) is 14.8. The van der Waals surface area contributed by atoms with Gasteiger partial charge in [-0.2, -0.15) is 5.26 Å². The number of amides is 1. The number of nitriles is 1. The van der Waals surface area contributed by atoms with Gasteiger partial charge in [0.25, 0.3) is 0 Å². The quantitative estimate of drug-likeness (QED) is 0.339. The number of carbonyl (C=O) groups excluding carboxylic acids is 2. The minimum atomic E-state index is -0.466. The summed E-state index contributed by atoms with van der Waals surface area (Å²) in [6.45, 7) is 2.00. The van der Waals surface area contributed by atoms with Crippen LogP contribution in [0.15, 0.2) is 67.9 Å². The Morgan fingerprint density at radius 3 is 2.86 bits per heavy atom. The number of carbonyl (C=O) groups is 2. The molecule has 3 aromatic rings. The zero-order chi connectivity index (χ0) is 26.1. The van der Waals surface area contributed by atoms with E-state index >= 15 is 0 Å². The zero-order valence-corrected chi connectivity index (χ0v) is 23.7. The van der Waals surface area contributed by atoms with Crippen LogP contribution >= 0.6 is 50.4 Å². The van der Waals surface area contributed by atoms with Crippen LogP contribution in [0, 0.1) is 18.3 Å². The highest BCUT2D eigenvalue weighted by Gasteiger charge is 2.41. The summed E-state index contributed by atoms with van der Waals surface area (Å²) in [5.74, 6) is -0.174. The molecule has 2 aliphatic rings. The number of aryl methyl sites for hydroxylation is 1. The molecule has 0 radical (unpaired) electrons. The number of hydrogen-bond donors (Lipinski definition) is 2. The fraction of sp³-hybridized carbons (Fsp3) is 0.240. The number of rotatable bonds is 6. The second kappa shape index (κ2) is 10.8. The van der Waals surface area contributed by atoms with Crippen molar-refractivity contribution in [3.05, 3.63) is 73.3 Å². The van der Waals surface area contributed by atoms with Crippen molar-refractivity contribution in [1.82, 2.24) is 10.2 Å². The van der Waals surface area contributed by atoms with E-state index in [1.54, 1.807) is 16.2 Å². The van der Waals surface area contributed by atoms with Crippen molar-refractivity contribution < 1.29 is 9.59 Å². The molecular weight excluding hydrogens is 592 g/mol. The number of hydrogen-bond acceptors (Lipinski definition) is 10. The largest absolute Gasteiger partial charge is 0.384 e. The average Bonchev–Trinajstić information content (AvgIpc) is 3.51. The molecule has 1 unspecified atom stereocenters. The monoisotopic (exact) mass is 612 g/mol. The summed E-state index contributed by atoms with van der Waals surface area (Å²) in [7, 11) is 0. The highest BCUT2D eigenvalue weighted by atomic mass is 79.9. The number of anilines is 2. The third-order valence-electron chi connectivity index (χ3n) is 5.98. The predicted molar refractivity (Wildman–Crippen MR) is 150 cm³/mol. The van der Waals surface area contributed by atoms with Crippen molar-refractivity contribution in [3.63, 3.8) is 0 Å². The number of benzene rings is 1. The van der Waals surface area contributed by atoms with Gasteiger partial charge in [0.1, 0.15) is 5.82 Å². The smallest absolute Gasteiger partial charge is 0.234 e. The van der Waals surface area contributed by atoms with Crippen molar-refractivity contribution in [2.75, 3.05) is 16.0 Å². The Morgan fingerprint density at radius 1 is 1.30 bits per heavy atom. The number of Topliss-reactive ketones (excluding diaryl/α,β-unsaturated/α-hetero) is 1. The van der Waals surface area contributed by atoms with Gasteiger partial charge in [0.15, 0.2) is 10.1 Å². The van der Waals surface area contributed by atoms with Gasteiger partial charge < -0.3 is 11.1 Å². The molecule has 188 valence electrons. The van der Waals surface area contributed by atoms with E-state index in [2.05, 4.69) is 37.5 Å². The van der Waals surface area contributed by atoms with Crippen LogP contribution < -0.4 is 16.0 Å². The number of ketones is 1. The Bertz CT molecular complexity index is 1500. The summed E-state index contributed by atoms with van der Waals surface area (Å²) in [4.78, 5) is 29.4. The van der Waals surface area contributed by atoms with E-state index < -0.39 is 5.92 Å². The maximum Gasteiger partial charge on any atom is 0.234 e. The molecule has 0 bridgehead atoms. The standard InChI is InChI=1S/C25H21BrN6O2S3/c1-13-8-9-19(36-13)21-16(11-27)23(28)32(17-6-3-7-18(33)22(17)21)24-30-31-25(37-24)35-12-20(34)29-15-5-2-4-14(26)10-15/h2,4-5,8-10,21H,3,6-7,12,28H2,1H3,(H,29,34). The molecule has 3 heterocycles. The molecule has 1 amide bonds. The predicted octanol–water partition coefficient (Wildman–Crippen LogP) is 5.71. The van der Waals surface area contributed by atoms with E-state index in [4.69, 9.17) is 5.73 Å². The number of halogens is 1. The topological polar surface area (TPSA) is 125 Å². The molecule has 1 atom stereocenters. The summed E-state index contributed by atoms with van der Waals surface area (Å²) < 4.78 is 1.47. The summed E-state index contributed by atoms with van der Waals surface area (Å²) in [6, 6.07) is 13.6. The number of nitrogens with two attached hydrogens (primary N) is 1. The van der Waals surface area contributed by atoms with E-state index in [9.17, 15) is 14.9 Å². The Kier molecular flexibility index (Phi) is 7.48. The first-order valence-electron chi connectivity index (χ1n) is 11.4. The highest BCUT2D eigenvalue weighted by Crippen LogP contribution is 2.48. The second-order valence-corrected chi connectivity index (χ2v) is 12.9. The average molecular weight is 614 g/mol. The Morgan fingerprint density at radius 2 is 2.14 bits per heavy atom. The first-order chi connectivity index (χ1) is 17.9. The molecular formula is C25H21BrN6O2S3. The van der Waals surface area contributed by atoms with Crippen LogP contribution in [0.3, 0.4) is 0 Å². The molecule has 0 spiro atoms. The highest BCUT2D eigenvalue weighted by molar-refractivity contribution is 9.10. The van der Waals surface area contributed by atoms with Crippen LogP contribution in [-0.2, 0) is 9.59 Å². The zero-order valence-electron chi connectivity index (χ0n) is 19.7. The van der Waals surface area contributed by atoms with Crippen LogP contribution in [0.5, 0.6) is 0 Å². The van der Waals surface area contributed by atoms with Crippen LogP contribution in [-0.4, -0.2) is 27.6 Å². The maximum atomic E-state index is 13.2. The van der Waals surface area contributed by atoms with Gasteiger partial charge >= 0.3 is 0 Å². The Hall–Kier alpha value is -2.98. The third-order valence-corrected chi connectivity index (χ3v) is 9.58. The van der Waals surface area contributed by atoms with Gasteiger partial charge in [-0.1, -0.05) is 45.1 Å². The van der Waals surface area contributed by atoms with E-state index in [0.29, 0.717) is 45.6 Å². The fourth-order valence-electron chi connectivity index (χ4n) is 4.44. The molecule has 1 aliphatic heterocycles. The van der Waals surface area contributed by atoms with Gasteiger partial charge in [-0.3, -0.25) is 14.5 Å². The van der Waals surface area contributed by atoms with E-state index in [1.807, 2.05) is 43.3 Å². The summed E-state index contributed by atoms with van der Waals surface area (Å²) in [6.07, 6.45) is 1.80. The van der Waals surface area contributed by atoms with Gasteiger partial charge in [-0.05, 0) is 50.1 Å². The van der Waals surface area contributed by atoms with Crippen molar-refractivity contribution in [1.29, 1.82) is 5.26 Å².